The van der Waals surface area contributed by atoms with Crippen molar-refractivity contribution in [3.05, 3.63) is 78.4 Å². The lowest BCUT2D eigenvalue weighted by Crippen LogP contribution is -2.24. The molecular formula is C22H21N5O3S. The van der Waals surface area contributed by atoms with Gasteiger partial charge >= 0.3 is 0 Å². The molecule has 1 amide bonds. The topological polar surface area (TPSA) is 95.1 Å². The number of benzene rings is 2. The van der Waals surface area contributed by atoms with Crippen LogP contribution in [0, 0.1) is 0 Å². The Morgan fingerprint density at radius 1 is 1.10 bits per heavy atom. The molecular weight excluding hydrogens is 414 g/mol. The average Bonchev–Trinajstić information content (AvgIpc) is 3.49. The first-order valence-electron chi connectivity index (χ1n) is 9.60. The number of aromatic nitrogens is 4. The van der Waals surface area contributed by atoms with Crippen molar-refractivity contribution in [2.75, 3.05) is 12.9 Å². The van der Waals surface area contributed by atoms with Crippen LogP contribution in [-0.2, 0) is 17.9 Å². The van der Waals surface area contributed by atoms with Gasteiger partial charge in [0.05, 0.1) is 19.2 Å². The fraction of sp³-hybridized carbons (Fsp3) is 0.182. The highest BCUT2D eigenvalue weighted by Crippen LogP contribution is 2.24. The minimum absolute atomic E-state index is 0.100. The van der Waals surface area contributed by atoms with Gasteiger partial charge in [0, 0.05) is 31.0 Å². The van der Waals surface area contributed by atoms with Crippen molar-refractivity contribution in [1.82, 2.24) is 25.1 Å². The Hall–Kier alpha value is -3.59. The number of methoxy groups -OCH3 is 1. The summed E-state index contributed by atoms with van der Waals surface area (Å²) in [6.07, 6.45) is 5.47. The van der Waals surface area contributed by atoms with Crippen LogP contribution in [0.4, 0.5) is 0 Å². The number of hydrogen-bond acceptors (Lipinski definition) is 7. The predicted octanol–water partition coefficient (Wildman–Crippen LogP) is 3.40. The van der Waals surface area contributed by atoms with Crippen molar-refractivity contribution in [3.63, 3.8) is 0 Å². The maximum absolute atomic E-state index is 12.2. The Bertz CT molecular complexity index is 1110. The van der Waals surface area contributed by atoms with Crippen LogP contribution in [0.2, 0.25) is 0 Å². The number of hydrogen-bond donors (Lipinski definition) is 1. The second kappa shape index (κ2) is 9.94. The molecule has 2 aromatic carbocycles. The molecule has 0 unspecified atom stereocenters. The summed E-state index contributed by atoms with van der Waals surface area (Å²) < 4.78 is 12.8. The Labute approximate surface area is 183 Å². The fourth-order valence-corrected chi connectivity index (χ4v) is 3.44. The van der Waals surface area contributed by atoms with Crippen LogP contribution in [0.1, 0.15) is 11.1 Å². The van der Waals surface area contributed by atoms with Gasteiger partial charge in [0.2, 0.25) is 11.8 Å². The maximum Gasteiger partial charge on any atom is 0.277 e. The van der Waals surface area contributed by atoms with Crippen LogP contribution < -0.4 is 10.1 Å². The van der Waals surface area contributed by atoms with E-state index in [2.05, 4.69) is 32.6 Å². The number of imidazole rings is 1. The summed E-state index contributed by atoms with van der Waals surface area (Å²) in [5, 5.41) is 11.3. The monoisotopic (exact) mass is 435 g/mol. The molecule has 0 radical (unpaired) electrons. The summed E-state index contributed by atoms with van der Waals surface area (Å²) in [6, 6.07) is 15.5. The molecule has 8 nitrogen and oxygen atoms in total. The van der Waals surface area contributed by atoms with Crippen molar-refractivity contribution in [3.8, 4) is 17.2 Å². The van der Waals surface area contributed by atoms with Crippen molar-refractivity contribution in [1.29, 1.82) is 0 Å². The van der Waals surface area contributed by atoms with Crippen LogP contribution in [0.5, 0.6) is 5.75 Å². The zero-order chi connectivity index (χ0) is 21.5. The quantitative estimate of drug-likeness (QED) is 0.403. The minimum atomic E-state index is -0.100. The third kappa shape index (κ3) is 5.73. The molecule has 0 aliphatic heterocycles. The molecule has 2 heterocycles. The van der Waals surface area contributed by atoms with Gasteiger partial charge in [-0.25, -0.2) is 4.98 Å². The SMILES string of the molecule is COc1ccc(-c2nnc(SCC(=O)NCc3ccc(Cn4ccnc4)cc3)o2)cc1. The summed E-state index contributed by atoms with van der Waals surface area (Å²) in [5.41, 5.74) is 3.00. The predicted molar refractivity (Wildman–Crippen MR) is 117 cm³/mol. The molecule has 0 aliphatic carbocycles. The number of rotatable bonds is 9. The van der Waals surface area contributed by atoms with Gasteiger partial charge in [-0.2, -0.15) is 0 Å². The third-order valence-corrected chi connectivity index (χ3v) is 5.33. The summed E-state index contributed by atoms with van der Waals surface area (Å²) in [5.74, 6) is 1.25. The third-order valence-electron chi connectivity index (χ3n) is 4.51. The van der Waals surface area contributed by atoms with Gasteiger partial charge in [0.15, 0.2) is 0 Å². The normalized spacial score (nSPS) is 10.7. The van der Waals surface area contributed by atoms with E-state index in [1.165, 1.54) is 17.3 Å². The van der Waals surface area contributed by atoms with Gasteiger partial charge in [-0.05, 0) is 35.4 Å². The highest BCUT2D eigenvalue weighted by Gasteiger charge is 2.11. The lowest BCUT2D eigenvalue weighted by molar-refractivity contribution is -0.118. The van der Waals surface area contributed by atoms with E-state index < -0.39 is 0 Å². The van der Waals surface area contributed by atoms with Gasteiger partial charge in [-0.15, -0.1) is 10.2 Å². The van der Waals surface area contributed by atoms with E-state index in [1.807, 2.05) is 47.2 Å². The van der Waals surface area contributed by atoms with Gasteiger partial charge in [-0.1, -0.05) is 36.0 Å². The van der Waals surface area contributed by atoms with E-state index in [9.17, 15) is 4.79 Å². The van der Waals surface area contributed by atoms with E-state index in [0.717, 1.165) is 23.4 Å². The fourth-order valence-electron chi connectivity index (χ4n) is 2.85. The first kappa shape index (κ1) is 20.7. The number of carbonyl (C=O) groups is 1. The van der Waals surface area contributed by atoms with Crippen LogP contribution in [-0.4, -0.2) is 38.5 Å². The molecule has 0 saturated carbocycles. The zero-order valence-corrected chi connectivity index (χ0v) is 17.7. The first-order valence-corrected chi connectivity index (χ1v) is 10.6. The van der Waals surface area contributed by atoms with Gasteiger partial charge in [-0.3, -0.25) is 4.79 Å². The molecule has 0 atom stereocenters. The Balaban J connectivity index is 1.22. The number of ether oxygens (including phenoxy) is 1. The average molecular weight is 436 g/mol. The number of nitrogens with one attached hydrogen (secondary N) is 1. The van der Waals surface area contributed by atoms with E-state index in [0.29, 0.717) is 17.7 Å². The molecule has 2 aromatic heterocycles. The lowest BCUT2D eigenvalue weighted by Gasteiger charge is -2.06. The maximum atomic E-state index is 12.2. The largest absolute Gasteiger partial charge is 0.497 e. The molecule has 0 aliphatic rings. The molecule has 158 valence electrons. The second-order valence-corrected chi connectivity index (χ2v) is 7.65. The van der Waals surface area contributed by atoms with Gasteiger partial charge in [0.25, 0.3) is 5.22 Å². The Morgan fingerprint density at radius 2 is 1.87 bits per heavy atom. The summed E-state index contributed by atoms with van der Waals surface area (Å²) >= 11 is 1.21. The highest BCUT2D eigenvalue weighted by atomic mass is 32.2. The van der Waals surface area contributed by atoms with Crippen LogP contribution in [0.25, 0.3) is 11.5 Å². The molecule has 4 rings (SSSR count). The van der Waals surface area contributed by atoms with E-state index >= 15 is 0 Å². The second-order valence-electron chi connectivity index (χ2n) is 6.72. The summed E-state index contributed by atoms with van der Waals surface area (Å²) in [6.45, 7) is 1.23. The van der Waals surface area contributed by atoms with Crippen molar-refractivity contribution in [2.24, 2.45) is 0 Å². The van der Waals surface area contributed by atoms with Gasteiger partial charge in [0.1, 0.15) is 5.75 Å². The number of amides is 1. The zero-order valence-electron chi connectivity index (χ0n) is 16.9. The first-order chi connectivity index (χ1) is 15.2. The Morgan fingerprint density at radius 3 is 2.58 bits per heavy atom. The molecule has 1 N–H and O–H groups in total. The minimum Gasteiger partial charge on any atom is -0.497 e. The van der Waals surface area contributed by atoms with Crippen molar-refractivity contribution in [2.45, 2.75) is 18.3 Å². The molecule has 0 bridgehead atoms. The molecule has 31 heavy (non-hydrogen) atoms. The van der Waals surface area contributed by atoms with Crippen LogP contribution in [0.3, 0.4) is 0 Å². The molecule has 0 saturated heterocycles. The van der Waals surface area contributed by atoms with Gasteiger partial charge < -0.3 is 19.0 Å². The van der Waals surface area contributed by atoms with Crippen molar-refractivity contribution < 1.29 is 13.9 Å². The molecule has 0 fully saturated rings. The smallest absolute Gasteiger partial charge is 0.277 e. The lowest BCUT2D eigenvalue weighted by atomic mass is 10.1. The molecule has 4 aromatic rings. The summed E-state index contributed by atoms with van der Waals surface area (Å²) in [7, 11) is 1.61. The van der Waals surface area contributed by atoms with Crippen LogP contribution >= 0.6 is 11.8 Å². The number of nitrogens with zero attached hydrogens (tertiary/aromatic N) is 4. The highest BCUT2D eigenvalue weighted by molar-refractivity contribution is 7.99. The molecule has 9 heteroatoms. The molecule has 0 spiro atoms. The number of carbonyl (C=O) groups excluding carboxylic acids is 1. The van der Waals surface area contributed by atoms with E-state index in [-0.39, 0.29) is 11.7 Å². The van der Waals surface area contributed by atoms with Crippen LogP contribution in [0.15, 0.2) is 76.9 Å². The van der Waals surface area contributed by atoms with Crippen molar-refractivity contribution >= 4 is 17.7 Å². The standard InChI is InChI=1S/C22H21N5O3S/c1-29-19-8-6-18(7-9-19)21-25-26-22(30-21)31-14-20(28)24-12-16-2-4-17(5-3-16)13-27-11-10-23-15-27/h2-11,15H,12-14H2,1H3,(H,24,28). The van der Waals surface area contributed by atoms with E-state index in [4.69, 9.17) is 9.15 Å². The van der Waals surface area contributed by atoms with E-state index in [1.54, 1.807) is 19.6 Å². The Kier molecular flexibility index (Phi) is 6.63. The number of thioether (sulfide) groups is 1. The summed E-state index contributed by atoms with van der Waals surface area (Å²) in [4.78, 5) is 16.2.